The van der Waals surface area contributed by atoms with Crippen molar-refractivity contribution in [3.63, 3.8) is 0 Å². The number of esters is 1. The van der Waals surface area contributed by atoms with Crippen LogP contribution in [0.3, 0.4) is 0 Å². The van der Waals surface area contributed by atoms with Crippen molar-refractivity contribution in [2.24, 2.45) is 5.73 Å². The number of hydrogen-bond donors (Lipinski definition) is 3. The SMILES string of the molecule is N[C@H](COC(=O)CCC(=O)O)C(=O)O. The summed E-state index contributed by atoms with van der Waals surface area (Å²) >= 11 is 0. The first-order valence-corrected chi connectivity index (χ1v) is 3.79. The fourth-order valence-corrected chi connectivity index (χ4v) is 0.535. The number of aliphatic carboxylic acids is 2. The Morgan fingerprint density at radius 3 is 2.21 bits per heavy atom. The van der Waals surface area contributed by atoms with Gasteiger partial charge in [-0.25, -0.2) is 0 Å². The normalized spacial score (nSPS) is 11.8. The summed E-state index contributed by atoms with van der Waals surface area (Å²) in [4.78, 5) is 30.9. The van der Waals surface area contributed by atoms with Gasteiger partial charge in [-0.15, -0.1) is 0 Å². The number of carboxylic acid groups (broad SMARTS) is 2. The molecule has 80 valence electrons. The molecule has 7 nitrogen and oxygen atoms in total. The summed E-state index contributed by atoms with van der Waals surface area (Å²) in [6.45, 7) is -0.451. The van der Waals surface area contributed by atoms with Crippen LogP contribution in [0.4, 0.5) is 0 Å². The summed E-state index contributed by atoms with van der Waals surface area (Å²) < 4.78 is 4.41. The Bertz CT molecular complexity index is 238. The van der Waals surface area contributed by atoms with Crippen LogP contribution in [0.1, 0.15) is 12.8 Å². The highest BCUT2D eigenvalue weighted by molar-refractivity contribution is 5.77. The maximum Gasteiger partial charge on any atom is 0.324 e. The third-order valence-electron chi connectivity index (χ3n) is 1.28. The molecule has 0 heterocycles. The molecule has 0 aliphatic heterocycles. The largest absolute Gasteiger partial charge is 0.481 e. The van der Waals surface area contributed by atoms with Crippen molar-refractivity contribution in [2.45, 2.75) is 18.9 Å². The van der Waals surface area contributed by atoms with E-state index < -0.39 is 30.6 Å². The fourth-order valence-electron chi connectivity index (χ4n) is 0.535. The number of rotatable bonds is 6. The Labute approximate surface area is 79.5 Å². The Hall–Kier alpha value is -1.63. The number of carbonyl (C=O) groups is 3. The predicted octanol–water partition coefficient (Wildman–Crippen LogP) is -1.19. The zero-order valence-corrected chi connectivity index (χ0v) is 7.30. The van der Waals surface area contributed by atoms with Gasteiger partial charge in [0.2, 0.25) is 0 Å². The lowest BCUT2D eigenvalue weighted by Gasteiger charge is -2.06. The van der Waals surface area contributed by atoms with Crippen LogP contribution in [-0.4, -0.2) is 40.8 Å². The van der Waals surface area contributed by atoms with Crippen LogP contribution in [0, 0.1) is 0 Å². The monoisotopic (exact) mass is 205 g/mol. The average molecular weight is 205 g/mol. The van der Waals surface area contributed by atoms with E-state index in [0.717, 1.165) is 0 Å². The summed E-state index contributed by atoms with van der Waals surface area (Å²) in [5, 5.41) is 16.5. The van der Waals surface area contributed by atoms with Crippen LogP contribution in [0.2, 0.25) is 0 Å². The molecule has 0 saturated carbocycles. The zero-order valence-electron chi connectivity index (χ0n) is 7.30. The molecular weight excluding hydrogens is 194 g/mol. The quantitative estimate of drug-likeness (QED) is 0.465. The molecule has 0 fully saturated rings. The van der Waals surface area contributed by atoms with Crippen LogP contribution in [0.5, 0.6) is 0 Å². The van der Waals surface area contributed by atoms with Crippen molar-refractivity contribution in [3.8, 4) is 0 Å². The zero-order chi connectivity index (χ0) is 11.1. The van der Waals surface area contributed by atoms with Gasteiger partial charge in [0, 0.05) is 0 Å². The van der Waals surface area contributed by atoms with E-state index in [4.69, 9.17) is 15.9 Å². The minimum Gasteiger partial charge on any atom is -0.481 e. The minimum atomic E-state index is -1.28. The molecule has 14 heavy (non-hydrogen) atoms. The lowest BCUT2D eigenvalue weighted by molar-refractivity contribution is -0.150. The van der Waals surface area contributed by atoms with Crippen molar-refractivity contribution >= 4 is 17.9 Å². The number of carbonyl (C=O) groups excluding carboxylic acids is 1. The first-order valence-electron chi connectivity index (χ1n) is 3.79. The van der Waals surface area contributed by atoms with E-state index in [1.54, 1.807) is 0 Å². The summed E-state index contributed by atoms with van der Waals surface area (Å²) in [5.74, 6) is -3.18. The van der Waals surface area contributed by atoms with Crippen molar-refractivity contribution in [1.82, 2.24) is 0 Å². The maximum absolute atomic E-state index is 10.7. The van der Waals surface area contributed by atoms with E-state index in [9.17, 15) is 14.4 Å². The number of nitrogens with two attached hydrogens (primary N) is 1. The standard InChI is InChI=1S/C7H11NO6/c8-4(7(12)13)3-14-6(11)2-1-5(9)10/h4H,1-3,8H2,(H,9,10)(H,12,13)/t4-/m1/s1. The highest BCUT2D eigenvalue weighted by atomic mass is 16.5. The van der Waals surface area contributed by atoms with Crippen LogP contribution in [0.15, 0.2) is 0 Å². The minimum absolute atomic E-state index is 0.290. The maximum atomic E-state index is 10.7. The third-order valence-corrected chi connectivity index (χ3v) is 1.28. The molecule has 0 aromatic rings. The molecule has 0 aliphatic carbocycles. The first-order chi connectivity index (χ1) is 6.43. The Morgan fingerprint density at radius 1 is 1.21 bits per heavy atom. The summed E-state index contributed by atoms with van der Waals surface area (Å²) in [5.41, 5.74) is 5.03. The smallest absolute Gasteiger partial charge is 0.324 e. The third kappa shape index (κ3) is 5.95. The Balaban J connectivity index is 3.64. The van der Waals surface area contributed by atoms with E-state index in [-0.39, 0.29) is 12.8 Å². The van der Waals surface area contributed by atoms with Gasteiger partial charge >= 0.3 is 17.9 Å². The van der Waals surface area contributed by atoms with Gasteiger partial charge in [0.05, 0.1) is 12.8 Å². The molecule has 0 spiro atoms. The predicted molar refractivity (Wildman–Crippen MR) is 43.4 cm³/mol. The number of ether oxygens (including phenoxy) is 1. The van der Waals surface area contributed by atoms with E-state index in [1.807, 2.05) is 0 Å². The van der Waals surface area contributed by atoms with Crippen LogP contribution in [0.25, 0.3) is 0 Å². The summed E-state index contributed by atoms with van der Waals surface area (Å²) in [6, 6.07) is -1.27. The molecule has 0 bridgehead atoms. The molecular formula is C7H11NO6. The van der Waals surface area contributed by atoms with Gasteiger partial charge in [-0.2, -0.15) is 0 Å². The second-order valence-corrected chi connectivity index (χ2v) is 2.52. The van der Waals surface area contributed by atoms with E-state index in [1.165, 1.54) is 0 Å². The highest BCUT2D eigenvalue weighted by Crippen LogP contribution is 1.93. The van der Waals surface area contributed by atoms with Crippen LogP contribution >= 0.6 is 0 Å². The second-order valence-electron chi connectivity index (χ2n) is 2.52. The average Bonchev–Trinajstić information content (AvgIpc) is 2.10. The molecule has 0 radical (unpaired) electrons. The summed E-state index contributed by atoms with van der Waals surface area (Å²) in [6.07, 6.45) is -0.636. The lowest BCUT2D eigenvalue weighted by Crippen LogP contribution is -2.35. The van der Waals surface area contributed by atoms with Gasteiger partial charge in [0.15, 0.2) is 0 Å². The van der Waals surface area contributed by atoms with Gasteiger partial charge < -0.3 is 20.7 Å². The van der Waals surface area contributed by atoms with Crippen LogP contribution < -0.4 is 5.73 Å². The van der Waals surface area contributed by atoms with Gasteiger partial charge in [-0.1, -0.05) is 0 Å². The molecule has 0 aliphatic rings. The molecule has 0 amide bonds. The van der Waals surface area contributed by atoms with Gasteiger partial charge in [0.1, 0.15) is 12.6 Å². The van der Waals surface area contributed by atoms with Crippen molar-refractivity contribution in [2.75, 3.05) is 6.61 Å². The molecule has 1 atom stereocenters. The molecule has 0 aromatic carbocycles. The van der Waals surface area contributed by atoms with Crippen LogP contribution in [-0.2, 0) is 19.1 Å². The molecule has 0 aromatic heterocycles. The van der Waals surface area contributed by atoms with E-state index in [2.05, 4.69) is 4.74 Å². The second kappa shape index (κ2) is 5.92. The number of hydrogen-bond acceptors (Lipinski definition) is 5. The summed E-state index contributed by atoms with van der Waals surface area (Å²) in [7, 11) is 0. The lowest BCUT2D eigenvalue weighted by atomic mass is 10.3. The molecule has 7 heteroatoms. The highest BCUT2D eigenvalue weighted by Gasteiger charge is 2.14. The molecule has 0 unspecified atom stereocenters. The van der Waals surface area contributed by atoms with E-state index in [0.29, 0.717) is 0 Å². The van der Waals surface area contributed by atoms with Crippen molar-refractivity contribution in [3.05, 3.63) is 0 Å². The van der Waals surface area contributed by atoms with Gasteiger partial charge in [-0.3, -0.25) is 14.4 Å². The fraction of sp³-hybridized carbons (Fsp3) is 0.571. The molecule has 0 saturated heterocycles. The first kappa shape index (κ1) is 12.4. The van der Waals surface area contributed by atoms with Gasteiger partial charge in [-0.05, 0) is 0 Å². The Morgan fingerprint density at radius 2 is 1.79 bits per heavy atom. The molecule has 0 rings (SSSR count). The number of carboxylic acids is 2. The van der Waals surface area contributed by atoms with Crippen molar-refractivity contribution in [1.29, 1.82) is 0 Å². The molecule has 4 N–H and O–H groups in total. The topological polar surface area (TPSA) is 127 Å². The van der Waals surface area contributed by atoms with Gasteiger partial charge in [0.25, 0.3) is 0 Å². The Kier molecular flexibility index (Phi) is 5.23. The van der Waals surface area contributed by atoms with Crippen molar-refractivity contribution < 1.29 is 29.3 Å². The van der Waals surface area contributed by atoms with E-state index >= 15 is 0 Å².